The standard InChI is InChI=1S/C23H30N2O4S/c1-4-17-8-9-18(5-2)19(14-17)16-24-30(27,28)20-10-11-22(29-3)21(15-20)23(26)25-12-6-7-13-25/h8-11,14-15,24H,4-7,12-13,16H2,1-3H3. The van der Waals surface area contributed by atoms with E-state index in [0.717, 1.165) is 36.8 Å². The number of benzene rings is 2. The maximum Gasteiger partial charge on any atom is 0.257 e. The molecule has 0 bridgehead atoms. The van der Waals surface area contributed by atoms with Gasteiger partial charge in [0.1, 0.15) is 5.75 Å². The molecule has 6 nitrogen and oxygen atoms in total. The van der Waals surface area contributed by atoms with E-state index in [4.69, 9.17) is 4.74 Å². The molecule has 1 heterocycles. The lowest BCUT2D eigenvalue weighted by atomic mass is 10.0. The molecule has 1 amide bonds. The van der Waals surface area contributed by atoms with Crippen LogP contribution >= 0.6 is 0 Å². The van der Waals surface area contributed by atoms with E-state index in [2.05, 4.69) is 36.8 Å². The SMILES string of the molecule is CCc1ccc(CC)c(CNS(=O)(=O)c2ccc(OC)c(C(=O)N3CCCC3)c2)c1. The molecule has 7 heteroatoms. The Morgan fingerprint density at radius 3 is 2.40 bits per heavy atom. The number of carbonyl (C=O) groups is 1. The van der Waals surface area contributed by atoms with Crippen molar-refractivity contribution in [3.63, 3.8) is 0 Å². The second-order valence-corrected chi connectivity index (χ2v) is 9.26. The molecule has 0 saturated carbocycles. The van der Waals surface area contributed by atoms with Gasteiger partial charge >= 0.3 is 0 Å². The Balaban J connectivity index is 1.86. The second kappa shape index (κ2) is 9.62. The lowest BCUT2D eigenvalue weighted by molar-refractivity contribution is 0.0789. The van der Waals surface area contributed by atoms with E-state index in [0.29, 0.717) is 18.8 Å². The quantitative estimate of drug-likeness (QED) is 0.695. The Morgan fingerprint density at radius 2 is 1.77 bits per heavy atom. The van der Waals surface area contributed by atoms with Crippen LogP contribution < -0.4 is 9.46 Å². The summed E-state index contributed by atoms with van der Waals surface area (Å²) in [5.41, 5.74) is 3.55. The molecular weight excluding hydrogens is 400 g/mol. The number of hydrogen-bond donors (Lipinski definition) is 1. The fourth-order valence-corrected chi connectivity index (χ4v) is 4.81. The highest BCUT2D eigenvalue weighted by molar-refractivity contribution is 7.89. The monoisotopic (exact) mass is 430 g/mol. The Bertz CT molecular complexity index is 1010. The summed E-state index contributed by atoms with van der Waals surface area (Å²) in [5, 5.41) is 0. The average molecular weight is 431 g/mol. The number of methoxy groups -OCH3 is 1. The number of amides is 1. The topological polar surface area (TPSA) is 75.7 Å². The highest BCUT2D eigenvalue weighted by Crippen LogP contribution is 2.26. The van der Waals surface area contributed by atoms with Crippen molar-refractivity contribution in [1.29, 1.82) is 0 Å². The molecule has 0 unspecified atom stereocenters. The van der Waals surface area contributed by atoms with Crippen LogP contribution in [0.1, 0.15) is 53.7 Å². The molecule has 0 spiro atoms. The van der Waals surface area contributed by atoms with Crippen LogP contribution in [0.25, 0.3) is 0 Å². The summed E-state index contributed by atoms with van der Waals surface area (Å²) in [6.07, 6.45) is 3.65. The van der Waals surface area contributed by atoms with E-state index in [1.807, 2.05) is 0 Å². The first kappa shape index (κ1) is 22.3. The van der Waals surface area contributed by atoms with Crippen LogP contribution in [0, 0.1) is 0 Å². The fraction of sp³-hybridized carbons (Fsp3) is 0.435. The van der Waals surface area contributed by atoms with Crippen molar-refractivity contribution in [2.24, 2.45) is 0 Å². The predicted octanol–water partition coefficient (Wildman–Crippen LogP) is 3.53. The maximum absolute atomic E-state index is 13.0. The first-order chi connectivity index (χ1) is 14.4. The molecule has 3 rings (SSSR count). The van der Waals surface area contributed by atoms with Crippen LogP contribution in [0.5, 0.6) is 5.75 Å². The van der Waals surface area contributed by atoms with Crippen molar-refractivity contribution in [2.45, 2.75) is 51.0 Å². The molecular formula is C23H30N2O4S. The molecule has 1 saturated heterocycles. The lowest BCUT2D eigenvalue weighted by Gasteiger charge is -2.18. The van der Waals surface area contributed by atoms with Gasteiger partial charge in [-0.15, -0.1) is 0 Å². The highest BCUT2D eigenvalue weighted by atomic mass is 32.2. The third kappa shape index (κ3) is 4.84. The van der Waals surface area contributed by atoms with Gasteiger partial charge in [-0.2, -0.15) is 0 Å². The van der Waals surface area contributed by atoms with Crippen LogP contribution in [0.4, 0.5) is 0 Å². The highest BCUT2D eigenvalue weighted by Gasteiger charge is 2.25. The van der Waals surface area contributed by atoms with Gasteiger partial charge in [0, 0.05) is 19.6 Å². The van der Waals surface area contributed by atoms with E-state index in [1.54, 1.807) is 11.0 Å². The van der Waals surface area contributed by atoms with E-state index in [1.165, 1.54) is 24.8 Å². The molecule has 0 radical (unpaired) electrons. The smallest absolute Gasteiger partial charge is 0.257 e. The van der Waals surface area contributed by atoms with Crippen molar-refractivity contribution in [3.8, 4) is 5.75 Å². The predicted molar refractivity (Wildman–Crippen MR) is 117 cm³/mol. The van der Waals surface area contributed by atoms with Crippen molar-refractivity contribution in [3.05, 3.63) is 58.7 Å². The minimum absolute atomic E-state index is 0.0653. The number of carbonyl (C=O) groups excluding carboxylic acids is 1. The summed E-state index contributed by atoms with van der Waals surface area (Å²) in [5.74, 6) is 0.195. The van der Waals surface area contributed by atoms with Gasteiger partial charge in [-0.05, 0) is 60.6 Å². The second-order valence-electron chi connectivity index (χ2n) is 7.50. The Morgan fingerprint density at radius 1 is 1.03 bits per heavy atom. The number of nitrogens with zero attached hydrogens (tertiary/aromatic N) is 1. The number of hydrogen-bond acceptors (Lipinski definition) is 4. The van der Waals surface area contributed by atoms with E-state index < -0.39 is 10.0 Å². The zero-order valence-electron chi connectivity index (χ0n) is 17.9. The molecule has 1 aliphatic rings. The van der Waals surface area contributed by atoms with Gasteiger partial charge < -0.3 is 9.64 Å². The van der Waals surface area contributed by atoms with Crippen molar-refractivity contribution >= 4 is 15.9 Å². The molecule has 0 aliphatic carbocycles. The van der Waals surface area contributed by atoms with Crippen LogP contribution in [-0.2, 0) is 29.4 Å². The lowest BCUT2D eigenvalue weighted by Crippen LogP contribution is -2.29. The van der Waals surface area contributed by atoms with Gasteiger partial charge in [-0.25, -0.2) is 13.1 Å². The molecule has 1 fully saturated rings. The van der Waals surface area contributed by atoms with Crippen molar-refractivity contribution < 1.29 is 17.9 Å². The Hall–Kier alpha value is -2.38. The molecule has 2 aromatic rings. The molecule has 1 aliphatic heterocycles. The van der Waals surface area contributed by atoms with Gasteiger partial charge in [-0.1, -0.05) is 32.0 Å². The molecule has 2 aromatic carbocycles. The zero-order chi connectivity index (χ0) is 21.7. The molecule has 30 heavy (non-hydrogen) atoms. The number of rotatable bonds is 8. The number of likely N-dealkylation sites (tertiary alicyclic amines) is 1. The largest absolute Gasteiger partial charge is 0.496 e. The van der Waals surface area contributed by atoms with Crippen LogP contribution in [0.15, 0.2) is 41.3 Å². The van der Waals surface area contributed by atoms with Gasteiger partial charge in [0.25, 0.3) is 5.91 Å². The zero-order valence-corrected chi connectivity index (χ0v) is 18.7. The summed E-state index contributed by atoms with van der Waals surface area (Å²) in [7, 11) is -2.30. The van der Waals surface area contributed by atoms with Gasteiger partial charge in [0.15, 0.2) is 0 Å². The first-order valence-corrected chi connectivity index (χ1v) is 12.0. The van der Waals surface area contributed by atoms with Crippen LogP contribution in [0.2, 0.25) is 0 Å². The third-order valence-electron chi connectivity index (χ3n) is 5.62. The Labute approximate surface area is 179 Å². The van der Waals surface area contributed by atoms with E-state index in [-0.39, 0.29) is 22.9 Å². The summed E-state index contributed by atoms with van der Waals surface area (Å²) < 4.78 is 34.0. The van der Waals surface area contributed by atoms with Gasteiger partial charge in [0.05, 0.1) is 17.6 Å². The molecule has 1 N–H and O–H groups in total. The molecule has 0 aromatic heterocycles. The third-order valence-corrected chi connectivity index (χ3v) is 7.02. The number of ether oxygens (including phenoxy) is 1. The van der Waals surface area contributed by atoms with Crippen LogP contribution in [-0.4, -0.2) is 39.4 Å². The minimum atomic E-state index is -3.78. The molecule has 162 valence electrons. The maximum atomic E-state index is 13.0. The fourth-order valence-electron chi connectivity index (χ4n) is 3.78. The van der Waals surface area contributed by atoms with E-state index in [9.17, 15) is 13.2 Å². The number of nitrogens with one attached hydrogen (secondary N) is 1. The summed E-state index contributed by atoms with van der Waals surface area (Å²) in [6.45, 7) is 5.71. The average Bonchev–Trinajstić information content (AvgIpc) is 3.31. The first-order valence-electron chi connectivity index (χ1n) is 10.5. The summed E-state index contributed by atoms with van der Waals surface area (Å²) in [6, 6.07) is 10.6. The van der Waals surface area contributed by atoms with Gasteiger partial charge in [-0.3, -0.25) is 4.79 Å². The number of sulfonamides is 1. The van der Waals surface area contributed by atoms with E-state index >= 15 is 0 Å². The van der Waals surface area contributed by atoms with Gasteiger partial charge in [0.2, 0.25) is 10.0 Å². The van der Waals surface area contributed by atoms with Crippen molar-refractivity contribution in [2.75, 3.05) is 20.2 Å². The van der Waals surface area contributed by atoms with Crippen molar-refractivity contribution in [1.82, 2.24) is 9.62 Å². The minimum Gasteiger partial charge on any atom is -0.496 e. The number of aryl methyl sites for hydroxylation is 2. The summed E-state index contributed by atoms with van der Waals surface area (Å²) in [4.78, 5) is 14.7. The normalized spacial score (nSPS) is 14.2. The van der Waals surface area contributed by atoms with Crippen LogP contribution in [0.3, 0.4) is 0 Å². The summed E-state index contributed by atoms with van der Waals surface area (Å²) >= 11 is 0. The molecule has 0 atom stereocenters. The Kier molecular flexibility index (Phi) is 7.15.